The van der Waals surface area contributed by atoms with Crippen LogP contribution < -0.4 is 10.6 Å². The van der Waals surface area contributed by atoms with Gasteiger partial charge in [-0.15, -0.1) is 0 Å². The lowest BCUT2D eigenvalue weighted by Gasteiger charge is -2.34. The number of nitrogens with zero attached hydrogens (tertiary/aromatic N) is 1. The normalized spacial score (nSPS) is 30.6. The molecular formula is C29H38ClN3O4. The molecule has 1 aromatic carbocycles. The number of fused-ring (bicyclic) bond motifs is 1. The van der Waals surface area contributed by atoms with Crippen LogP contribution in [0, 0.1) is 18.8 Å². The number of likely N-dealkylation sites (tertiary alicyclic amines) is 1. The second kappa shape index (κ2) is 10.8. The molecule has 3 heterocycles. The minimum absolute atomic E-state index is 0.127. The molecule has 3 amide bonds. The van der Waals surface area contributed by atoms with Crippen molar-refractivity contribution in [3.8, 4) is 0 Å². The number of benzene rings is 1. The molecule has 7 nitrogen and oxygen atoms in total. The summed E-state index contributed by atoms with van der Waals surface area (Å²) in [6.45, 7) is 4.53. The van der Waals surface area contributed by atoms with Gasteiger partial charge in [0.25, 0.3) is 0 Å². The topological polar surface area (TPSA) is 87.7 Å². The Bertz CT molecular complexity index is 1080. The van der Waals surface area contributed by atoms with Crippen LogP contribution in [0.1, 0.15) is 70.3 Å². The molecule has 1 aliphatic carbocycles. The van der Waals surface area contributed by atoms with E-state index in [-0.39, 0.29) is 23.8 Å². The molecule has 8 heteroatoms. The maximum Gasteiger partial charge on any atom is 0.246 e. The molecule has 2 N–H and O–H groups in total. The summed E-state index contributed by atoms with van der Waals surface area (Å²) in [6, 6.07) is 4.73. The van der Waals surface area contributed by atoms with Crippen LogP contribution in [-0.4, -0.2) is 53.0 Å². The molecule has 3 fully saturated rings. The first kappa shape index (κ1) is 26.2. The second-order valence-electron chi connectivity index (χ2n) is 11.1. The highest BCUT2D eigenvalue weighted by Crippen LogP contribution is 2.55. The maximum absolute atomic E-state index is 13.9. The molecule has 0 aromatic heterocycles. The number of aryl methyl sites for hydroxylation is 1. The van der Waals surface area contributed by atoms with E-state index in [4.69, 9.17) is 16.3 Å². The number of carbonyl (C=O) groups excluding carboxylic acids is 3. The predicted octanol–water partition coefficient (Wildman–Crippen LogP) is 4.77. The van der Waals surface area contributed by atoms with Gasteiger partial charge in [-0.2, -0.15) is 0 Å². The fourth-order valence-corrected chi connectivity index (χ4v) is 6.82. The van der Waals surface area contributed by atoms with E-state index in [2.05, 4.69) is 17.6 Å². The van der Waals surface area contributed by atoms with Crippen molar-refractivity contribution in [1.82, 2.24) is 10.2 Å². The van der Waals surface area contributed by atoms with Crippen molar-refractivity contribution < 1.29 is 19.1 Å². The van der Waals surface area contributed by atoms with Gasteiger partial charge in [0.2, 0.25) is 17.7 Å². The van der Waals surface area contributed by atoms with E-state index in [9.17, 15) is 14.4 Å². The Labute approximate surface area is 224 Å². The Morgan fingerprint density at radius 3 is 2.65 bits per heavy atom. The molecule has 2 bridgehead atoms. The van der Waals surface area contributed by atoms with Gasteiger partial charge >= 0.3 is 0 Å². The van der Waals surface area contributed by atoms with Gasteiger partial charge in [0.05, 0.1) is 17.9 Å². The summed E-state index contributed by atoms with van der Waals surface area (Å²) in [5.41, 5.74) is 0.384. The Kier molecular flexibility index (Phi) is 7.64. The number of carbonyl (C=O) groups is 3. The molecule has 5 rings (SSSR count). The summed E-state index contributed by atoms with van der Waals surface area (Å²) < 4.78 is 6.43. The fraction of sp³-hybridized carbons (Fsp3) is 0.621. The Morgan fingerprint density at radius 2 is 1.92 bits per heavy atom. The minimum Gasteiger partial charge on any atom is -0.359 e. The first-order valence-electron chi connectivity index (χ1n) is 13.9. The zero-order valence-electron chi connectivity index (χ0n) is 21.8. The molecule has 3 aliphatic heterocycles. The van der Waals surface area contributed by atoms with Gasteiger partial charge in [0.15, 0.2) is 0 Å². The first-order chi connectivity index (χ1) is 17.9. The van der Waals surface area contributed by atoms with E-state index in [1.807, 2.05) is 25.1 Å². The molecule has 5 unspecified atom stereocenters. The quantitative estimate of drug-likeness (QED) is 0.358. The van der Waals surface area contributed by atoms with E-state index in [1.165, 1.54) is 6.42 Å². The van der Waals surface area contributed by atoms with Crippen molar-refractivity contribution in [2.45, 2.75) is 95.4 Å². The number of nitrogens with one attached hydrogen (secondary N) is 2. The molecule has 1 spiro atoms. The van der Waals surface area contributed by atoms with Crippen LogP contribution in [0.4, 0.5) is 5.69 Å². The average Bonchev–Trinajstić information content (AvgIpc) is 3.52. The van der Waals surface area contributed by atoms with E-state index in [0.29, 0.717) is 17.3 Å². The van der Waals surface area contributed by atoms with Crippen LogP contribution in [0.2, 0.25) is 5.02 Å². The fourth-order valence-electron chi connectivity index (χ4n) is 6.64. The average molecular weight is 528 g/mol. The zero-order chi connectivity index (χ0) is 26.2. The largest absolute Gasteiger partial charge is 0.359 e. The van der Waals surface area contributed by atoms with Crippen molar-refractivity contribution in [2.24, 2.45) is 11.8 Å². The number of hydrogen-bond acceptors (Lipinski definition) is 4. The molecule has 4 aliphatic rings. The summed E-state index contributed by atoms with van der Waals surface area (Å²) in [5.74, 6) is -2.03. The van der Waals surface area contributed by atoms with Crippen molar-refractivity contribution in [3.63, 3.8) is 0 Å². The minimum atomic E-state index is -1.11. The summed E-state index contributed by atoms with van der Waals surface area (Å²) in [4.78, 5) is 43.0. The van der Waals surface area contributed by atoms with E-state index in [0.717, 1.165) is 56.9 Å². The van der Waals surface area contributed by atoms with Gasteiger partial charge in [-0.3, -0.25) is 14.4 Å². The SMILES string of the molecule is CCCCCCN1C(=O)C2C(C(=O)Nc3ccc(C)c(Cl)c3)C3C=CC2(O3)C1C(=O)NC1CCCCC1. The lowest BCUT2D eigenvalue weighted by Crippen LogP contribution is -2.56. The third kappa shape index (κ3) is 4.81. The number of rotatable bonds is 9. The smallest absolute Gasteiger partial charge is 0.246 e. The standard InChI is InChI=1S/C29H38ClN3O4/c1-3-4-5-9-16-33-25(27(35)31-19-10-7-6-8-11-19)29-15-14-22(37-29)23(24(29)28(33)36)26(34)32-20-13-12-18(2)21(30)17-20/h12-15,17,19,22-25H,3-11,16H2,1-2H3,(H,31,35)(H,32,34). The van der Waals surface area contributed by atoms with Gasteiger partial charge in [-0.25, -0.2) is 0 Å². The lowest BCUT2D eigenvalue weighted by molar-refractivity contribution is -0.141. The van der Waals surface area contributed by atoms with Gasteiger partial charge < -0.3 is 20.3 Å². The number of halogens is 1. The maximum atomic E-state index is 13.9. The molecule has 5 atom stereocenters. The van der Waals surface area contributed by atoms with Crippen LogP contribution in [0.5, 0.6) is 0 Å². The molecular weight excluding hydrogens is 490 g/mol. The van der Waals surface area contributed by atoms with Crippen molar-refractivity contribution in [3.05, 3.63) is 40.9 Å². The van der Waals surface area contributed by atoms with E-state index in [1.54, 1.807) is 17.0 Å². The molecule has 37 heavy (non-hydrogen) atoms. The number of unbranched alkanes of at least 4 members (excludes halogenated alkanes) is 3. The third-order valence-electron chi connectivity index (χ3n) is 8.57. The highest BCUT2D eigenvalue weighted by molar-refractivity contribution is 6.31. The molecule has 2 saturated heterocycles. The highest BCUT2D eigenvalue weighted by atomic mass is 35.5. The number of anilines is 1. The molecule has 1 saturated carbocycles. The van der Waals surface area contributed by atoms with Crippen LogP contribution in [0.15, 0.2) is 30.4 Å². The van der Waals surface area contributed by atoms with Crippen LogP contribution >= 0.6 is 11.6 Å². The van der Waals surface area contributed by atoms with Crippen LogP contribution in [-0.2, 0) is 19.1 Å². The molecule has 200 valence electrons. The monoisotopic (exact) mass is 527 g/mol. The summed E-state index contributed by atoms with van der Waals surface area (Å²) >= 11 is 6.26. The van der Waals surface area contributed by atoms with Crippen molar-refractivity contribution >= 4 is 35.0 Å². The molecule has 0 radical (unpaired) electrons. The summed E-state index contributed by atoms with van der Waals surface area (Å²) in [5, 5.41) is 6.74. The number of ether oxygens (including phenoxy) is 1. The van der Waals surface area contributed by atoms with E-state index >= 15 is 0 Å². The van der Waals surface area contributed by atoms with Crippen LogP contribution in [0.25, 0.3) is 0 Å². The van der Waals surface area contributed by atoms with E-state index < -0.39 is 29.6 Å². The van der Waals surface area contributed by atoms with Gasteiger partial charge in [-0.1, -0.05) is 75.3 Å². The summed E-state index contributed by atoms with van der Waals surface area (Å²) in [6.07, 6.45) is 12.5. The Hall–Kier alpha value is -2.38. The van der Waals surface area contributed by atoms with Crippen molar-refractivity contribution in [1.29, 1.82) is 0 Å². The van der Waals surface area contributed by atoms with Gasteiger partial charge in [-0.05, 0) is 43.9 Å². The number of hydrogen-bond donors (Lipinski definition) is 2. The summed E-state index contributed by atoms with van der Waals surface area (Å²) in [7, 11) is 0. The molecule has 1 aromatic rings. The predicted molar refractivity (Wildman–Crippen MR) is 143 cm³/mol. The Morgan fingerprint density at radius 1 is 1.14 bits per heavy atom. The van der Waals surface area contributed by atoms with Crippen LogP contribution in [0.3, 0.4) is 0 Å². The lowest BCUT2D eigenvalue weighted by atomic mass is 9.74. The van der Waals surface area contributed by atoms with Gasteiger partial charge in [0.1, 0.15) is 11.6 Å². The third-order valence-corrected chi connectivity index (χ3v) is 8.98. The second-order valence-corrected chi connectivity index (χ2v) is 11.5. The number of amides is 3. The van der Waals surface area contributed by atoms with Gasteiger partial charge in [0, 0.05) is 23.3 Å². The Balaban J connectivity index is 1.40. The first-order valence-corrected chi connectivity index (χ1v) is 14.3. The highest BCUT2D eigenvalue weighted by Gasteiger charge is 2.72. The van der Waals surface area contributed by atoms with Crippen molar-refractivity contribution in [2.75, 3.05) is 11.9 Å². The zero-order valence-corrected chi connectivity index (χ0v) is 22.6.